The van der Waals surface area contributed by atoms with Gasteiger partial charge in [0.05, 0.1) is 12.2 Å². The van der Waals surface area contributed by atoms with Crippen molar-refractivity contribution in [2.24, 2.45) is 0 Å². The van der Waals surface area contributed by atoms with Crippen LogP contribution in [0, 0.1) is 0 Å². The predicted molar refractivity (Wildman–Crippen MR) is 81.4 cm³/mol. The van der Waals surface area contributed by atoms with Gasteiger partial charge in [-0.2, -0.15) is 0 Å². The van der Waals surface area contributed by atoms with Crippen molar-refractivity contribution in [2.45, 2.75) is 44.9 Å². The molecule has 1 rings (SSSR count). The zero-order chi connectivity index (χ0) is 14.6. The molecule has 0 aliphatic carbocycles. The lowest BCUT2D eigenvalue weighted by atomic mass is 10.1. The standard InChI is InChI=1S/C17H24O3/c1-2-3-4-5-6-7-8-9-14-20-16-12-10-15(11-13-16)17(18)19/h2,10-13H,1,3-9,14H2,(H,18,19). The van der Waals surface area contributed by atoms with E-state index in [1.54, 1.807) is 24.3 Å². The fraction of sp³-hybridized carbons (Fsp3) is 0.471. The van der Waals surface area contributed by atoms with Gasteiger partial charge in [-0.15, -0.1) is 6.58 Å². The second-order valence-corrected chi connectivity index (χ2v) is 4.88. The second kappa shape index (κ2) is 10.1. The van der Waals surface area contributed by atoms with Crippen molar-refractivity contribution in [3.05, 3.63) is 42.5 Å². The highest BCUT2D eigenvalue weighted by molar-refractivity contribution is 5.87. The molecule has 0 amide bonds. The number of unbranched alkanes of at least 4 members (excludes halogenated alkanes) is 6. The molecule has 0 spiro atoms. The summed E-state index contributed by atoms with van der Waals surface area (Å²) in [6, 6.07) is 6.55. The van der Waals surface area contributed by atoms with Crippen molar-refractivity contribution < 1.29 is 14.6 Å². The van der Waals surface area contributed by atoms with Gasteiger partial charge in [0.25, 0.3) is 0 Å². The van der Waals surface area contributed by atoms with Crippen LogP contribution in [0.5, 0.6) is 5.75 Å². The monoisotopic (exact) mass is 276 g/mol. The minimum atomic E-state index is -0.909. The summed E-state index contributed by atoms with van der Waals surface area (Å²) in [6.07, 6.45) is 10.4. The number of benzene rings is 1. The van der Waals surface area contributed by atoms with Crippen molar-refractivity contribution in [3.63, 3.8) is 0 Å². The van der Waals surface area contributed by atoms with Crippen LogP contribution in [-0.4, -0.2) is 17.7 Å². The number of hydrogen-bond acceptors (Lipinski definition) is 2. The first-order chi connectivity index (χ1) is 9.74. The van der Waals surface area contributed by atoms with E-state index in [0.717, 1.165) is 18.6 Å². The smallest absolute Gasteiger partial charge is 0.335 e. The number of allylic oxidation sites excluding steroid dienone is 1. The van der Waals surface area contributed by atoms with E-state index in [0.29, 0.717) is 6.61 Å². The fourth-order valence-corrected chi connectivity index (χ4v) is 1.98. The van der Waals surface area contributed by atoms with Gasteiger partial charge in [-0.1, -0.05) is 31.8 Å². The van der Waals surface area contributed by atoms with Crippen molar-refractivity contribution in [1.29, 1.82) is 0 Å². The van der Waals surface area contributed by atoms with Crippen LogP contribution in [0.2, 0.25) is 0 Å². The van der Waals surface area contributed by atoms with Crippen LogP contribution in [0.25, 0.3) is 0 Å². The summed E-state index contributed by atoms with van der Waals surface area (Å²) in [5.41, 5.74) is 0.289. The van der Waals surface area contributed by atoms with Crippen LogP contribution in [-0.2, 0) is 0 Å². The van der Waals surface area contributed by atoms with Gasteiger partial charge >= 0.3 is 5.97 Å². The number of hydrogen-bond donors (Lipinski definition) is 1. The zero-order valence-corrected chi connectivity index (χ0v) is 12.0. The van der Waals surface area contributed by atoms with Crippen molar-refractivity contribution >= 4 is 5.97 Å². The Morgan fingerprint density at radius 1 is 1.05 bits per heavy atom. The maximum absolute atomic E-state index is 10.7. The molecule has 3 nitrogen and oxygen atoms in total. The average Bonchev–Trinajstić information content (AvgIpc) is 2.46. The molecule has 20 heavy (non-hydrogen) atoms. The lowest BCUT2D eigenvalue weighted by molar-refractivity contribution is 0.0697. The summed E-state index contributed by atoms with van der Waals surface area (Å²) in [5, 5.41) is 8.78. The fourth-order valence-electron chi connectivity index (χ4n) is 1.98. The number of ether oxygens (including phenoxy) is 1. The van der Waals surface area contributed by atoms with Crippen LogP contribution in [0.4, 0.5) is 0 Å². The molecule has 0 atom stereocenters. The molecular weight excluding hydrogens is 252 g/mol. The summed E-state index contributed by atoms with van der Waals surface area (Å²) in [5.74, 6) is -0.172. The lowest BCUT2D eigenvalue weighted by Crippen LogP contribution is -1.99. The van der Waals surface area contributed by atoms with Gasteiger partial charge in [0, 0.05) is 0 Å². The maximum atomic E-state index is 10.7. The second-order valence-electron chi connectivity index (χ2n) is 4.88. The largest absolute Gasteiger partial charge is 0.494 e. The summed E-state index contributed by atoms with van der Waals surface area (Å²) in [7, 11) is 0. The number of rotatable bonds is 11. The van der Waals surface area contributed by atoms with Crippen molar-refractivity contribution in [1.82, 2.24) is 0 Å². The molecule has 0 aromatic heterocycles. The van der Waals surface area contributed by atoms with E-state index in [9.17, 15) is 4.79 Å². The normalized spacial score (nSPS) is 10.2. The number of carbonyl (C=O) groups is 1. The van der Waals surface area contributed by atoms with E-state index in [2.05, 4.69) is 6.58 Å². The SMILES string of the molecule is C=CCCCCCCCCOc1ccc(C(=O)O)cc1. The molecule has 0 radical (unpaired) electrons. The quantitative estimate of drug-likeness (QED) is 0.471. The Morgan fingerprint density at radius 3 is 2.25 bits per heavy atom. The minimum absolute atomic E-state index is 0.289. The van der Waals surface area contributed by atoms with E-state index in [4.69, 9.17) is 9.84 Å². The van der Waals surface area contributed by atoms with Crippen molar-refractivity contribution in [3.8, 4) is 5.75 Å². The lowest BCUT2D eigenvalue weighted by Gasteiger charge is -2.06. The molecule has 1 aromatic rings. The van der Waals surface area contributed by atoms with E-state index in [-0.39, 0.29) is 5.56 Å². The molecule has 0 aliphatic heterocycles. The van der Waals surface area contributed by atoms with Gasteiger partial charge in [0.2, 0.25) is 0 Å². The Hall–Kier alpha value is -1.77. The van der Waals surface area contributed by atoms with Gasteiger partial charge < -0.3 is 9.84 Å². The van der Waals surface area contributed by atoms with E-state index in [1.165, 1.54) is 32.1 Å². The Labute approximate surface area is 121 Å². The van der Waals surface area contributed by atoms with Crippen LogP contribution in [0.3, 0.4) is 0 Å². The predicted octanol–water partition coefficient (Wildman–Crippen LogP) is 4.68. The van der Waals surface area contributed by atoms with E-state index < -0.39 is 5.97 Å². The van der Waals surface area contributed by atoms with E-state index in [1.807, 2.05) is 6.08 Å². The van der Waals surface area contributed by atoms with E-state index >= 15 is 0 Å². The highest BCUT2D eigenvalue weighted by atomic mass is 16.5. The molecule has 3 heteroatoms. The molecule has 1 N–H and O–H groups in total. The van der Waals surface area contributed by atoms with Gasteiger partial charge in [0.1, 0.15) is 5.75 Å². The van der Waals surface area contributed by atoms with Crippen LogP contribution in [0.15, 0.2) is 36.9 Å². The molecule has 0 saturated carbocycles. The third kappa shape index (κ3) is 6.98. The summed E-state index contributed by atoms with van der Waals surface area (Å²) >= 11 is 0. The molecule has 0 unspecified atom stereocenters. The average molecular weight is 276 g/mol. The number of carboxylic acids is 1. The van der Waals surface area contributed by atoms with Gasteiger partial charge in [-0.3, -0.25) is 0 Å². The first kappa shape index (κ1) is 16.3. The van der Waals surface area contributed by atoms with Crippen LogP contribution >= 0.6 is 0 Å². The van der Waals surface area contributed by atoms with Crippen LogP contribution < -0.4 is 4.74 Å². The summed E-state index contributed by atoms with van der Waals surface area (Å²) in [4.78, 5) is 10.7. The Bertz CT molecular complexity index is 395. The van der Waals surface area contributed by atoms with Gasteiger partial charge in [-0.25, -0.2) is 4.79 Å². The van der Waals surface area contributed by atoms with Gasteiger partial charge in [0.15, 0.2) is 0 Å². The third-order valence-corrected chi connectivity index (χ3v) is 3.17. The first-order valence-electron chi connectivity index (χ1n) is 7.31. The molecule has 1 aromatic carbocycles. The topological polar surface area (TPSA) is 46.5 Å². The maximum Gasteiger partial charge on any atom is 0.335 e. The molecule has 0 aliphatic rings. The Morgan fingerprint density at radius 2 is 1.65 bits per heavy atom. The van der Waals surface area contributed by atoms with Gasteiger partial charge in [-0.05, 0) is 43.5 Å². The van der Waals surface area contributed by atoms with Crippen LogP contribution in [0.1, 0.15) is 55.3 Å². The highest BCUT2D eigenvalue weighted by Gasteiger charge is 2.01. The zero-order valence-electron chi connectivity index (χ0n) is 12.0. The molecular formula is C17H24O3. The number of aromatic carboxylic acids is 1. The molecule has 0 saturated heterocycles. The minimum Gasteiger partial charge on any atom is -0.494 e. The summed E-state index contributed by atoms with van der Waals surface area (Å²) in [6.45, 7) is 4.41. The Balaban J connectivity index is 2.03. The summed E-state index contributed by atoms with van der Waals surface area (Å²) < 4.78 is 5.58. The molecule has 0 bridgehead atoms. The Kier molecular flexibility index (Phi) is 8.20. The first-order valence-corrected chi connectivity index (χ1v) is 7.31. The third-order valence-electron chi connectivity index (χ3n) is 3.17. The molecule has 0 heterocycles. The molecule has 110 valence electrons. The van der Waals surface area contributed by atoms with Crippen molar-refractivity contribution in [2.75, 3.05) is 6.61 Å². The molecule has 0 fully saturated rings. The number of carboxylic acid groups (broad SMARTS) is 1. The highest BCUT2D eigenvalue weighted by Crippen LogP contribution is 2.13.